The Morgan fingerprint density at radius 3 is 2.71 bits per heavy atom. The van der Waals surface area contributed by atoms with Crippen molar-refractivity contribution in [3.8, 4) is 5.69 Å². The zero-order chi connectivity index (χ0) is 23.4. The molecule has 1 N–H and O–H groups in total. The predicted molar refractivity (Wildman–Crippen MR) is 126 cm³/mol. The van der Waals surface area contributed by atoms with Gasteiger partial charge in [0, 0.05) is 12.6 Å². The monoisotopic (exact) mass is 478 g/mol. The number of halogens is 3. The number of nitrogens with one attached hydrogen (secondary N) is 1. The van der Waals surface area contributed by atoms with Gasteiger partial charge in [-0.15, -0.1) is 0 Å². The number of fused-ring (bicyclic) bond motifs is 2. The highest BCUT2D eigenvalue weighted by atomic mass is 35.5. The van der Waals surface area contributed by atoms with Gasteiger partial charge < -0.3 is 9.88 Å². The summed E-state index contributed by atoms with van der Waals surface area (Å²) in [6, 6.07) is 14.6. The molecule has 34 heavy (non-hydrogen) atoms. The van der Waals surface area contributed by atoms with E-state index in [4.69, 9.17) is 16.6 Å². The Morgan fingerprint density at radius 2 is 1.88 bits per heavy atom. The van der Waals surface area contributed by atoms with Crippen LogP contribution >= 0.6 is 11.6 Å². The molecule has 10 heteroatoms. The first-order chi connectivity index (χ1) is 16.4. The molecular formula is C24H17ClF2N6O. The van der Waals surface area contributed by atoms with Crippen LogP contribution in [0.1, 0.15) is 18.3 Å². The molecule has 0 amide bonds. The molecule has 0 radical (unpaired) electrons. The van der Waals surface area contributed by atoms with E-state index in [0.717, 1.165) is 0 Å². The van der Waals surface area contributed by atoms with Gasteiger partial charge in [0.15, 0.2) is 0 Å². The fraction of sp³-hybridized carbons (Fsp3) is 0.167. The van der Waals surface area contributed by atoms with E-state index in [2.05, 4.69) is 15.0 Å². The number of aromatic amines is 1. The van der Waals surface area contributed by atoms with Crippen molar-refractivity contribution < 1.29 is 8.78 Å². The number of alkyl halides is 2. The topological polar surface area (TPSA) is 79.7 Å². The largest absolute Gasteiger partial charge is 0.346 e. The highest BCUT2D eigenvalue weighted by Gasteiger charge is 2.48. The lowest BCUT2D eigenvalue weighted by molar-refractivity contribution is 0.0219. The summed E-state index contributed by atoms with van der Waals surface area (Å²) in [6.45, 7) is -0.562. The molecule has 3 aromatic heterocycles. The zero-order valence-corrected chi connectivity index (χ0v) is 18.4. The molecule has 0 saturated carbocycles. The van der Waals surface area contributed by atoms with Crippen LogP contribution in [0.25, 0.3) is 27.6 Å². The Morgan fingerprint density at radius 1 is 1.06 bits per heavy atom. The van der Waals surface area contributed by atoms with Gasteiger partial charge >= 0.3 is 0 Å². The Balaban J connectivity index is 1.64. The summed E-state index contributed by atoms with van der Waals surface area (Å²) in [4.78, 5) is 31.4. The minimum absolute atomic E-state index is 0.199. The molecule has 0 unspecified atom stereocenters. The van der Waals surface area contributed by atoms with Crippen LogP contribution in [0.2, 0.25) is 5.02 Å². The van der Waals surface area contributed by atoms with Crippen LogP contribution in [0.5, 0.6) is 0 Å². The molecule has 1 atom stereocenters. The number of aromatic nitrogens is 5. The predicted octanol–water partition coefficient (Wildman–Crippen LogP) is 4.90. The van der Waals surface area contributed by atoms with Crippen molar-refractivity contribution in [3.63, 3.8) is 0 Å². The summed E-state index contributed by atoms with van der Waals surface area (Å²) in [5.41, 5.74) is 0.991. The van der Waals surface area contributed by atoms with Crippen LogP contribution in [-0.4, -0.2) is 37.0 Å². The van der Waals surface area contributed by atoms with Crippen molar-refractivity contribution in [2.75, 3.05) is 11.4 Å². The van der Waals surface area contributed by atoms with E-state index in [0.29, 0.717) is 28.1 Å². The summed E-state index contributed by atoms with van der Waals surface area (Å²) >= 11 is 6.35. The van der Waals surface area contributed by atoms with Crippen LogP contribution < -0.4 is 10.5 Å². The van der Waals surface area contributed by atoms with Gasteiger partial charge in [0.1, 0.15) is 23.6 Å². The first kappa shape index (κ1) is 20.7. The van der Waals surface area contributed by atoms with Gasteiger partial charge in [0.05, 0.1) is 39.6 Å². The molecule has 170 valence electrons. The summed E-state index contributed by atoms with van der Waals surface area (Å²) in [7, 11) is 0. The third-order valence-electron chi connectivity index (χ3n) is 6.06. The standard InChI is InChI=1S/C24H17ClF2N6O/c25-16-7-4-8-17-19(16)23(34)33(14-5-2-1-3-6-14)22(31-17)18-11-24(26,27)12-32(18)21-15-9-10-28-20(15)29-13-30-21/h1-10,13,18H,11-12H2,(H,28,29,30)/t18-/m0/s1. The molecule has 1 saturated heterocycles. The number of benzene rings is 2. The summed E-state index contributed by atoms with van der Waals surface area (Å²) in [5.74, 6) is -2.46. The molecule has 6 rings (SSSR count). The normalized spacial score (nSPS) is 17.6. The van der Waals surface area contributed by atoms with E-state index >= 15 is 0 Å². The SMILES string of the molecule is O=c1c2c(Cl)cccc2nc([C@@H]2CC(F)(F)CN2c2ncnc3[nH]ccc23)n1-c1ccccc1. The van der Waals surface area contributed by atoms with Gasteiger partial charge in [-0.05, 0) is 30.3 Å². The third-order valence-corrected chi connectivity index (χ3v) is 6.37. The third kappa shape index (κ3) is 3.23. The van der Waals surface area contributed by atoms with E-state index in [1.54, 1.807) is 54.7 Å². The molecule has 1 aliphatic rings. The van der Waals surface area contributed by atoms with Gasteiger partial charge in [-0.3, -0.25) is 9.36 Å². The maximum Gasteiger partial charge on any atom is 0.267 e. The molecule has 0 bridgehead atoms. The highest BCUT2D eigenvalue weighted by Crippen LogP contribution is 2.44. The summed E-state index contributed by atoms with van der Waals surface area (Å²) in [6.07, 6.45) is 2.50. The lowest BCUT2D eigenvalue weighted by Crippen LogP contribution is -2.32. The van der Waals surface area contributed by atoms with E-state index in [1.807, 2.05) is 6.07 Å². The van der Waals surface area contributed by atoms with Crippen molar-refractivity contribution in [1.82, 2.24) is 24.5 Å². The molecule has 5 aromatic rings. The number of H-pyrrole nitrogens is 1. The van der Waals surface area contributed by atoms with Crippen molar-refractivity contribution >= 4 is 39.4 Å². The Kier molecular flexibility index (Phi) is 4.63. The number of nitrogens with zero attached hydrogens (tertiary/aromatic N) is 5. The second-order valence-corrected chi connectivity index (χ2v) is 8.63. The smallest absolute Gasteiger partial charge is 0.267 e. The molecule has 0 aliphatic carbocycles. The van der Waals surface area contributed by atoms with E-state index in [9.17, 15) is 13.6 Å². The molecule has 7 nitrogen and oxygen atoms in total. The van der Waals surface area contributed by atoms with Crippen LogP contribution in [-0.2, 0) is 0 Å². The van der Waals surface area contributed by atoms with Gasteiger partial charge in [-0.2, -0.15) is 0 Å². The quantitative estimate of drug-likeness (QED) is 0.399. The van der Waals surface area contributed by atoms with E-state index in [1.165, 1.54) is 15.8 Å². The van der Waals surface area contributed by atoms with Gasteiger partial charge in [-0.1, -0.05) is 35.9 Å². The van der Waals surface area contributed by atoms with Gasteiger partial charge in [0.25, 0.3) is 11.5 Å². The van der Waals surface area contributed by atoms with Gasteiger partial charge in [-0.25, -0.2) is 23.7 Å². The lowest BCUT2D eigenvalue weighted by atomic mass is 10.1. The summed E-state index contributed by atoms with van der Waals surface area (Å²) < 4.78 is 31.2. The number of para-hydroxylation sites is 1. The maximum absolute atomic E-state index is 14.9. The van der Waals surface area contributed by atoms with Crippen molar-refractivity contribution in [2.45, 2.75) is 18.4 Å². The molecule has 1 fully saturated rings. The van der Waals surface area contributed by atoms with Crippen LogP contribution in [0.4, 0.5) is 14.6 Å². The molecule has 4 heterocycles. The maximum atomic E-state index is 14.9. The molecule has 1 aliphatic heterocycles. The van der Waals surface area contributed by atoms with E-state index in [-0.39, 0.29) is 16.2 Å². The Labute approximate surface area is 196 Å². The first-order valence-electron chi connectivity index (χ1n) is 10.6. The average Bonchev–Trinajstić information content (AvgIpc) is 3.43. The number of hydrogen-bond donors (Lipinski definition) is 1. The number of rotatable bonds is 3. The van der Waals surface area contributed by atoms with Crippen molar-refractivity contribution in [3.05, 3.63) is 88.3 Å². The summed E-state index contributed by atoms with van der Waals surface area (Å²) in [5, 5.41) is 1.11. The number of anilines is 1. The second kappa shape index (κ2) is 7.59. The molecule has 2 aromatic carbocycles. The minimum Gasteiger partial charge on any atom is -0.346 e. The zero-order valence-electron chi connectivity index (χ0n) is 17.6. The Hall–Kier alpha value is -3.85. The van der Waals surface area contributed by atoms with E-state index < -0.39 is 30.5 Å². The van der Waals surface area contributed by atoms with Crippen molar-refractivity contribution in [1.29, 1.82) is 0 Å². The minimum atomic E-state index is -3.01. The highest BCUT2D eigenvalue weighted by molar-refractivity contribution is 6.35. The van der Waals surface area contributed by atoms with Crippen LogP contribution in [0.3, 0.4) is 0 Å². The lowest BCUT2D eigenvalue weighted by Gasteiger charge is -2.27. The van der Waals surface area contributed by atoms with Gasteiger partial charge in [0.2, 0.25) is 0 Å². The Bertz CT molecular complexity index is 1600. The fourth-order valence-electron chi connectivity index (χ4n) is 4.61. The number of hydrogen-bond acceptors (Lipinski definition) is 5. The van der Waals surface area contributed by atoms with Crippen LogP contribution in [0, 0.1) is 0 Å². The first-order valence-corrected chi connectivity index (χ1v) is 11.0. The van der Waals surface area contributed by atoms with Crippen LogP contribution in [0.15, 0.2) is 71.9 Å². The second-order valence-electron chi connectivity index (χ2n) is 8.22. The molecule has 0 spiro atoms. The average molecular weight is 479 g/mol. The molecular weight excluding hydrogens is 462 g/mol. The van der Waals surface area contributed by atoms with Crippen molar-refractivity contribution in [2.24, 2.45) is 0 Å². The fourth-order valence-corrected chi connectivity index (χ4v) is 4.87.